The molecular weight excluding hydrogens is 333 g/mol. The minimum absolute atomic E-state index is 0.366. The Bertz CT molecular complexity index is 522. The van der Waals surface area contributed by atoms with Crippen molar-refractivity contribution in [2.24, 2.45) is 0 Å². The van der Waals surface area contributed by atoms with Gasteiger partial charge in [0.2, 0.25) is 0 Å². The van der Waals surface area contributed by atoms with Crippen molar-refractivity contribution in [2.45, 2.75) is 6.92 Å². The first-order valence-corrected chi connectivity index (χ1v) is 6.18. The van der Waals surface area contributed by atoms with E-state index in [0.717, 1.165) is 3.57 Å². The molecule has 2 amide bonds. The molecule has 0 atom stereocenters. The van der Waals surface area contributed by atoms with Gasteiger partial charge in [0.25, 0.3) is 11.8 Å². The zero-order valence-electron chi connectivity index (χ0n) is 9.12. The number of hydrogen-bond donors (Lipinski definition) is 1. The molecule has 1 aromatic carbocycles. The van der Waals surface area contributed by atoms with E-state index in [0.29, 0.717) is 23.3 Å². The molecule has 0 bridgehead atoms. The number of ether oxygens (including phenoxy) is 1. The molecule has 4 nitrogen and oxygen atoms in total. The first kappa shape index (κ1) is 12.1. The van der Waals surface area contributed by atoms with Crippen molar-refractivity contribution in [1.29, 1.82) is 0 Å². The van der Waals surface area contributed by atoms with Crippen LogP contribution < -0.4 is 5.32 Å². The van der Waals surface area contributed by atoms with Crippen molar-refractivity contribution in [2.75, 3.05) is 6.61 Å². The Balaban J connectivity index is 2.56. The number of benzene rings is 1. The molecule has 0 spiro atoms. The predicted octanol–water partition coefficient (Wildman–Crippen LogP) is 1.94. The van der Waals surface area contributed by atoms with Crippen molar-refractivity contribution in [3.8, 4) is 0 Å². The highest BCUT2D eigenvalue weighted by molar-refractivity contribution is 14.1. The maximum Gasteiger partial charge on any atom is 0.261 e. The van der Waals surface area contributed by atoms with Crippen LogP contribution in [-0.4, -0.2) is 18.4 Å². The van der Waals surface area contributed by atoms with Gasteiger partial charge in [0, 0.05) is 14.7 Å². The lowest BCUT2D eigenvalue weighted by atomic mass is 9.96. The van der Waals surface area contributed by atoms with Crippen LogP contribution in [0, 0.1) is 3.57 Å². The van der Waals surface area contributed by atoms with Crippen LogP contribution in [0.1, 0.15) is 22.8 Å². The fourth-order valence-corrected chi connectivity index (χ4v) is 2.07. The van der Waals surface area contributed by atoms with E-state index in [9.17, 15) is 9.59 Å². The molecule has 5 heteroatoms. The molecule has 88 valence electrons. The second-order valence-electron chi connectivity index (χ2n) is 3.46. The summed E-state index contributed by atoms with van der Waals surface area (Å²) < 4.78 is 6.10. The van der Waals surface area contributed by atoms with Crippen molar-refractivity contribution >= 4 is 40.0 Å². The monoisotopic (exact) mass is 343 g/mol. The molecule has 1 heterocycles. The van der Waals surface area contributed by atoms with E-state index in [1.165, 1.54) is 6.26 Å². The van der Waals surface area contributed by atoms with Crippen LogP contribution >= 0.6 is 22.6 Å². The molecule has 0 fully saturated rings. The number of carbonyl (C=O) groups is 2. The average molecular weight is 343 g/mol. The third-order valence-electron chi connectivity index (χ3n) is 2.36. The van der Waals surface area contributed by atoms with Crippen LogP contribution in [0.5, 0.6) is 0 Å². The number of amides is 2. The fourth-order valence-electron chi connectivity index (χ4n) is 1.58. The van der Waals surface area contributed by atoms with Crippen molar-refractivity contribution in [3.63, 3.8) is 0 Å². The lowest BCUT2D eigenvalue weighted by Crippen LogP contribution is -2.36. The van der Waals surface area contributed by atoms with E-state index >= 15 is 0 Å². The van der Waals surface area contributed by atoms with E-state index in [-0.39, 0.29) is 5.91 Å². The highest BCUT2D eigenvalue weighted by Gasteiger charge is 2.27. The maximum absolute atomic E-state index is 11.7. The molecule has 1 aliphatic heterocycles. The minimum atomic E-state index is -0.419. The Labute approximate surface area is 112 Å². The molecule has 0 radical (unpaired) electrons. The quantitative estimate of drug-likeness (QED) is 0.387. The Morgan fingerprint density at radius 1 is 1.29 bits per heavy atom. The average Bonchev–Trinajstić information content (AvgIpc) is 2.28. The molecule has 1 aromatic rings. The standard InChI is InChI=1S/C12H10INO3/c1-2-17-6-10-9-5-7(13)3-4-8(9)11(15)14-12(10)16/h3-6H,2H2,1H3,(H,14,15,16)/b10-6-. The third-order valence-corrected chi connectivity index (χ3v) is 3.03. The molecule has 0 unspecified atom stereocenters. The number of imide groups is 1. The number of nitrogens with one attached hydrogen (secondary N) is 1. The SMILES string of the molecule is CCO/C=C1\C(=O)NC(=O)c2ccc(I)cc21. The Morgan fingerprint density at radius 3 is 2.76 bits per heavy atom. The summed E-state index contributed by atoms with van der Waals surface area (Å²) in [6.07, 6.45) is 1.40. The van der Waals surface area contributed by atoms with Crippen molar-refractivity contribution in [3.05, 3.63) is 39.2 Å². The summed E-state index contributed by atoms with van der Waals surface area (Å²) >= 11 is 2.14. The normalized spacial score (nSPS) is 16.7. The molecular formula is C12H10INO3. The summed E-state index contributed by atoms with van der Waals surface area (Å²) in [6.45, 7) is 2.31. The Hall–Kier alpha value is -1.37. The fraction of sp³-hybridized carbons (Fsp3) is 0.167. The number of rotatable bonds is 2. The first-order valence-electron chi connectivity index (χ1n) is 5.11. The van der Waals surface area contributed by atoms with Crippen LogP contribution in [0.3, 0.4) is 0 Å². The third kappa shape index (κ3) is 2.33. The van der Waals surface area contributed by atoms with E-state index in [1.807, 2.05) is 13.0 Å². The summed E-state index contributed by atoms with van der Waals surface area (Å²) in [7, 11) is 0. The summed E-state index contributed by atoms with van der Waals surface area (Å²) in [5.41, 5.74) is 1.51. The van der Waals surface area contributed by atoms with Gasteiger partial charge in [-0.3, -0.25) is 14.9 Å². The Kier molecular flexibility index (Phi) is 3.46. The predicted molar refractivity (Wildman–Crippen MR) is 71.2 cm³/mol. The zero-order valence-corrected chi connectivity index (χ0v) is 11.3. The van der Waals surface area contributed by atoms with E-state index < -0.39 is 5.91 Å². The van der Waals surface area contributed by atoms with E-state index in [1.54, 1.807) is 12.1 Å². The summed E-state index contributed by atoms with van der Waals surface area (Å²) in [4.78, 5) is 23.3. The van der Waals surface area contributed by atoms with Gasteiger partial charge in [-0.1, -0.05) is 0 Å². The van der Waals surface area contributed by atoms with Crippen LogP contribution in [0.15, 0.2) is 24.5 Å². The highest BCUT2D eigenvalue weighted by atomic mass is 127. The molecule has 0 aromatic heterocycles. The second kappa shape index (κ2) is 4.87. The summed E-state index contributed by atoms with van der Waals surface area (Å²) in [5, 5.41) is 2.29. The van der Waals surface area contributed by atoms with Crippen LogP contribution in [0.4, 0.5) is 0 Å². The van der Waals surface area contributed by atoms with Crippen molar-refractivity contribution in [1.82, 2.24) is 5.32 Å². The number of fused-ring (bicyclic) bond motifs is 1. The molecule has 0 saturated heterocycles. The lowest BCUT2D eigenvalue weighted by Gasteiger charge is -2.18. The largest absolute Gasteiger partial charge is 0.501 e. The Morgan fingerprint density at radius 2 is 2.06 bits per heavy atom. The van der Waals surface area contributed by atoms with Crippen molar-refractivity contribution < 1.29 is 14.3 Å². The maximum atomic E-state index is 11.7. The summed E-state index contributed by atoms with van der Waals surface area (Å²) in [5.74, 6) is -0.784. The first-order chi connectivity index (χ1) is 8.13. The number of hydrogen-bond acceptors (Lipinski definition) is 3. The highest BCUT2D eigenvalue weighted by Crippen LogP contribution is 2.25. The van der Waals surface area contributed by atoms with Gasteiger partial charge in [0.05, 0.1) is 18.4 Å². The molecule has 2 rings (SSSR count). The topological polar surface area (TPSA) is 55.4 Å². The van der Waals surface area contributed by atoms with Crippen LogP contribution in [0.2, 0.25) is 0 Å². The van der Waals surface area contributed by atoms with Gasteiger partial charge in [-0.15, -0.1) is 0 Å². The van der Waals surface area contributed by atoms with E-state index in [2.05, 4.69) is 27.9 Å². The minimum Gasteiger partial charge on any atom is -0.501 e. The molecule has 0 aliphatic carbocycles. The van der Waals surface area contributed by atoms with Gasteiger partial charge in [-0.25, -0.2) is 0 Å². The molecule has 1 N–H and O–H groups in total. The number of halogens is 1. The second-order valence-corrected chi connectivity index (χ2v) is 4.71. The molecule has 1 aliphatic rings. The number of carbonyl (C=O) groups excluding carboxylic acids is 2. The van der Waals surface area contributed by atoms with Gasteiger partial charge >= 0.3 is 0 Å². The zero-order chi connectivity index (χ0) is 12.4. The van der Waals surface area contributed by atoms with Crippen LogP contribution in [0.25, 0.3) is 5.57 Å². The van der Waals surface area contributed by atoms with Gasteiger partial charge in [-0.05, 0) is 47.7 Å². The van der Waals surface area contributed by atoms with Gasteiger partial charge in [-0.2, -0.15) is 0 Å². The molecule has 17 heavy (non-hydrogen) atoms. The van der Waals surface area contributed by atoms with E-state index in [4.69, 9.17) is 4.74 Å². The smallest absolute Gasteiger partial charge is 0.261 e. The van der Waals surface area contributed by atoms with Gasteiger partial charge in [0.1, 0.15) is 0 Å². The van der Waals surface area contributed by atoms with Gasteiger partial charge < -0.3 is 4.74 Å². The lowest BCUT2D eigenvalue weighted by molar-refractivity contribution is -0.114. The summed E-state index contributed by atoms with van der Waals surface area (Å²) in [6, 6.07) is 5.34. The van der Waals surface area contributed by atoms with Gasteiger partial charge in [0.15, 0.2) is 0 Å². The molecule has 0 saturated carbocycles. The van der Waals surface area contributed by atoms with Crippen LogP contribution in [-0.2, 0) is 9.53 Å².